The van der Waals surface area contributed by atoms with Crippen LogP contribution in [0.15, 0.2) is 12.8 Å². The fraction of sp³-hybridized carbons (Fsp3) is 0.333. The number of hydrogen-bond donors (Lipinski definition) is 2. The molecule has 0 amide bonds. The van der Waals surface area contributed by atoms with Crippen LogP contribution in [0.5, 0.6) is 0 Å². The lowest BCUT2D eigenvalue weighted by atomic mass is 10.6. The van der Waals surface area contributed by atoms with E-state index >= 15 is 0 Å². The summed E-state index contributed by atoms with van der Waals surface area (Å²) in [4.78, 5) is 5.08. The molecule has 9 heavy (non-hydrogen) atoms. The highest BCUT2D eigenvalue weighted by molar-refractivity contribution is 14.2. The molecule has 0 bridgehead atoms. The van der Waals surface area contributed by atoms with Crippen molar-refractivity contribution in [2.24, 2.45) is 0 Å². The van der Waals surface area contributed by atoms with Crippen LogP contribution >= 0.6 is 20.7 Å². The van der Waals surface area contributed by atoms with Gasteiger partial charge in [-0.2, -0.15) is 0 Å². The highest BCUT2D eigenvalue weighted by atomic mass is 127. The molecule has 0 aromatic rings. The van der Waals surface area contributed by atoms with Crippen molar-refractivity contribution in [2.45, 2.75) is 0 Å². The molecule has 52 valence electrons. The largest absolute Gasteiger partial charge is 0.381 e. The van der Waals surface area contributed by atoms with Crippen molar-refractivity contribution in [1.82, 2.24) is 5.32 Å². The van der Waals surface area contributed by atoms with Crippen LogP contribution in [-0.4, -0.2) is 21.8 Å². The minimum Gasteiger partial charge on any atom is -0.381 e. The minimum absolute atomic E-state index is 0.162. The zero-order chi connectivity index (χ0) is 7.11. The minimum atomic E-state index is 0.162. The maximum atomic E-state index is 3.58. The van der Waals surface area contributed by atoms with E-state index in [9.17, 15) is 0 Å². The fourth-order valence-corrected chi connectivity index (χ4v) is 1.34. The highest BCUT2D eigenvalue weighted by Gasteiger charge is 1.92. The second kappa shape index (κ2) is 5.94. The monoisotopic (exact) mass is 239 g/mol. The number of nitrogens with one attached hydrogen (secondary N) is 2. The third-order valence-corrected chi connectivity index (χ3v) is 2.89. The molecule has 0 aromatic heterocycles. The van der Waals surface area contributed by atoms with E-state index in [0.717, 1.165) is 6.54 Å². The molecule has 0 fully saturated rings. The van der Waals surface area contributed by atoms with Crippen LogP contribution in [0.4, 0.5) is 0 Å². The molecule has 0 rings (SSSR count). The van der Waals surface area contributed by atoms with Gasteiger partial charge in [-0.15, -0.1) is 0 Å². The summed E-state index contributed by atoms with van der Waals surface area (Å²) in [5, 5.41) is 3.00. The van der Waals surface area contributed by atoms with E-state index in [1.54, 1.807) is 6.20 Å². The van der Waals surface area contributed by atoms with Gasteiger partial charge in [0.1, 0.15) is 13.3 Å². The van der Waals surface area contributed by atoms with Gasteiger partial charge in [0.2, 0.25) is 3.63 Å². The Bertz CT molecular complexity index is 129. The van der Waals surface area contributed by atoms with Crippen LogP contribution < -0.4 is 10.3 Å². The summed E-state index contributed by atoms with van der Waals surface area (Å²) in [6, 6.07) is 0. The van der Waals surface area contributed by atoms with E-state index in [1.165, 1.54) is 3.63 Å². The molecular formula is C6H12IN2+. The Morgan fingerprint density at radius 1 is 1.89 bits per heavy atom. The first-order chi connectivity index (χ1) is 4.35. The number of hydrogen-bond acceptors (Lipinski definition) is 1. The van der Waals surface area contributed by atoms with E-state index in [4.69, 9.17) is 0 Å². The van der Waals surface area contributed by atoms with Crippen molar-refractivity contribution >= 4 is 31.1 Å². The van der Waals surface area contributed by atoms with Crippen molar-refractivity contribution < 1.29 is 4.99 Å². The Morgan fingerprint density at radius 2 is 2.56 bits per heavy atom. The molecule has 0 aromatic carbocycles. The first-order valence-electron chi connectivity index (χ1n) is 2.57. The Labute approximate surface area is 65.8 Å². The molecule has 0 radical (unpaired) electrons. The second-order valence-electron chi connectivity index (χ2n) is 1.36. The predicted octanol–water partition coefficient (Wildman–Crippen LogP) is -0.769. The molecule has 0 unspecified atom stereocenters. The summed E-state index contributed by atoms with van der Waals surface area (Å²) in [5.74, 6) is 0. The lowest BCUT2D eigenvalue weighted by Gasteiger charge is -1.91. The molecule has 0 aliphatic heterocycles. The molecule has 0 heterocycles. The van der Waals surface area contributed by atoms with E-state index < -0.39 is 0 Å². The fourth-order valence-electron chi connectivity index (χ4n) is 0.358. The zero-order valence-electron chi connectivity index (χ0n) is 5.58. The summed E-state index contributed by atoms with van der Waals surface area (Å²) in [6.45, 7) is 7.99. The predicted molar refractivity (Wildman–Crippen MR) is 51.2 cm³/mol. The Kier molecular flexibility index (Phi) is 5.81. The van der Waals surface area contributed by atoms with Crippen molar-refractivity contribution in [3.63, 3.8) is 0 Å². The zero-order valence-corrected chi connectivity index (χ0v) is 7.73. The molecule has 0 saturated carbocycles. The average molecular weight is 239 g/mol. The van der Waals surface area contributed by atoms with E-state index in [0.29, 0.717) is 0 Å². The Hall–Kier alpha value is -0.190. The SMILES string of the molecule is C=CNCC([NH+]=C)=IC. The van der Waals surface area contributed by atoms with Gasteiger partial charge >= 0.3 is 0 Å². The highest BCUT2D eigenvalue weighted by Crippen LogP contribution is 1.82. The van der Waals surface area contributed by atoms with Gasteiger partial charge in [0, 0.05) is 0 Å². The average Bonchev–Trinajstić information content (AvgIpc) is 1.91. The maximum absolute atomic E-state index is 3.58. The molecular weight excluding hydrogens is 227 g/mol. The quantitative estimate of drug-likeness (QED) is 0.376. The summed E-state index contributed by atoms with van der Waals surface area (Å²) in [5.41, 5.74) is 0. The van der Waals surface area contributed by atoms with Gasteiger partial charge in [0.15, 0.2) is 0 Å². The molecule has 0 aliphatic carbocycles. The van der Waals surface area contributed by atoms with E-state index in [2.05, 4.69) is 28.5 Å². The molecule has 2 N–H and O–H groups in total. The number of alkyl halides is 1. The van der Waals surface area contributed by atoms with Gasteiger partial charge in [-0.05, 0) is 31.9 Å². The van der Waals surface area contributed by atoms with E-state index in [1.807, 2.05) is 0 Å². The number of halogens is 1. The van der Waals surface area contributed by atoms with Crippen LogP contribution in [-0.2, 0) is 0 Å². The van der Waals surface area contributed by atoms with Gasteiger partial charge < -0.3 is 5.32 Å². The van der Waals surface area contributed by atoms with Gasteiger partial charge in [0.25, 0.3) is 0 Å². The Balaban J connectivity index is 3.57. The summed E-state index contributed by atoms with van der Waals surface area (Å²) < 4.78 is 1.30. The molecule has 3 heteroatoms. The van der Waals surface area contributed by atoms with Crippen molar-refractivity contribution in [2.75, 3.05) is 11.5 Å². The summed E-state index contributed by atoms with van der Waals surface area (Å²) in [6.07, 6.45) is 1.69. The second-order valence-corrected chi connectivity index (χ2v) is 3.74. The van der Waals surface area contributed by atoms with Crippen LogP contribution in [0, 0.1) is 0 Å². The van der Waals surface area contributed by atoms with Crippen molar-refractivity contribution in [1.29, 1.82) is 0 Å². The smallest absolute Gasteiger partial charge is 0.224 e. The summed E-state index contributed by atoms with van der Waals surface area (Å²) in [7, 11) is 0. The van der Waals surface area contributed by atoms with Gasteiger partial charge in [-0.3, -0.25) is 0 Å². The lowest BCUT2D eigenvalue weighted by Crippen LogP contribution is -2.72. The van der Waals surface area contributed by atoms with Gasteiger partial charge in [-0.1, -0.05) is 6.58 Å². The first-order valence-corrected chi connectivity index (χ1v) is 5.81. The van der Waals surface area contributed by atoms with Crippen LogP contribution in [0.2, 0.25) is 0 Å². The van der Waals surface area contributed by atoms with E-state index in [-0.39, 0.29) is 20.7 Å². The maximum Gasteiger partial charge on any atom is 0.224 e. The number of rotatable bonds is 4. The lowest BCUT2D eigenvalue weighted by molar-refractivity contribution is -0.299. The molecule has 2 nitrogen and oxygen atoms in total. The third-order valence-electron chi connectivity index (χ3n) is 0.822. The summed E-state index contributed by atoms with van der Waals surface area (Å²) >= 11 is 0.162. The normalized spacial score (nSPS) is 11.4. The Morgan fingerprint density at radius 3 is 2.89 bits per heavy atom. The first kappa shape index (κ1) is 8.81. The van der Waals surface area contributed by atoms with Crippen molar-refractivity contribution in [3.8, 4) is 0 Å². The molecule has 0 spiro atoms. The van der Waals surface area contributed by atoms with Crippen LogP contribution in [0.1, 0.15) is 0 Å². The van der Waals surface area contributed by atoms with Gasteiger partial charge in [0.05, 0.1) is 0 Å². The topological polar surface area (TPSA) is 26.0 Å². The van der Waals surface area contributed by atoms with Crippen LogP contribution in [0.3, 0.4) is 0 Å². The van der Waals surface area contributed by atoms with Gasteiger partial charge in [-0.25, -0.2) is 4.99 Å². The molecule has 0 atom stereocenters. The molecule has 0 aliphatic rings. The van der Waals surface area contributed by atoms with Crippen molar-refractivity contribution in [3.05, 3.63) is 12.8 Å². The molecule has 0 saturated heterocycles. The third kappa shape index (κ3) is 4.32. The van der Waals surface area contributed by atoms with Crippen LogP contribution in [0.25, 0.3) is 0 Å². The standard InChI is InChI=1S/C6H11IN2/c1-4-9-5-6(7-2)8-3/h4,9H,1,3,5H2,2H3/p+1.